The van der Waals surface area contributed by atoms with E-state index < -0.39 is 0 Å². The Balaban J connectivity index is 1.94. The van der Waals surface area contributed by atoms with Gasteiger partial charge in [-0.05, 0) is 37.4 Å². The number of hydrogen-bond acceptors (Lipinski definition) is 1. The van der Waals surface area contributed by atoms with Gasteiger partial charge in [-0.15, -0.1) is 0 Å². The summed E-state index contributed by atoms with van der Waals surface area (Å²) in [5, 5.41) is 0. The lowest BCUT2D eigenvalue weighted by atomic mass is 9.95. The normalized spacial score (nSPS) is 30.3. The van der Waals surface area contributed by atoms with Gasteiger partial charge in [0.15, 0.2) is 0 Å². The predicted molar refractivity (Wildman–Crippen MR) is 63.6 cm³/mol. The third kappa shape index (κ3) is 1.51. The van der Waals surface area contributed by atoms with Gasteiger partial charge in [0.2, 0.25) is 0 Å². The lowest BCUT2D eigenvalue weighted by molar-refractivity contribution is 0.264. The van der Waals surface area contributed by atoms with Crippen LogP contribution in [-0.4, -0.2) is 24.0 Å². The van der Waals surface area contributed by atoms with Crippen LogP contribution >= 0.6 is 0 Å². The van der Waals surface area contributed by atoms with Crippen LogP contribution in [0.25, 0.3) is 5.57 Å². The van der Waals surface area contributed by atoms with Crippen molar-refractivity contribution in [3.63, 3.8) is 0 Å². The van der Waals surface area contributed by atoms with Gasteiger partial charge in [0.25, 0.3) is 0 Å². The third-order valence-corrected chi connectivity index (χ3v) is 3.89. The van der Waals surface area contributed by atoms with Crippen LogP contribution in [0, 0.1) is 0 Å². The molecule has 78 valence electrons. The van der Waals surface area contributed by atoms with Crippen molar-refractivity contribution in [2.45, 2.75) is 31.3 Å². The average Bonchev–Trinajstić information content (AvgIpc) is 2.54. The van der Waals surface area contributed by atoms with Crippen LogP contribution in [0.15, 0.2) is 36.4 Å². The second kappa shape index (κ2) is 3.49. The van der Waals surface area contributed by atoms with Crippen LogP contribution < -0.4 is 0 Å². The molecule has 3 rings (SSSR count). The van der Waals surface area contributed by atoms with E-state index >= 15 is 0 Å². The monoisotopic (exact) mass is 199 g/mol. The fourth-order valence-electron chi connectivity index (χ4n) is 2.91. The SMILES string of the molecule is CN1[C@H]2CC[C@@H]1C=C(c1ccccc1)C2. The molecule has 1 heteroatoms. The van der Waals surface area contributed by atoms with E-state index in [1.54, 1.807) is 5.57 Å². The number of likely N-dealkylation sites (N-methyl/N-ethyl adjacent to an activating group) is 1. The van der Waals surface area contributed by atoms with Crippen LogP contribution in [0.4, 0.5) is 0 Å². The number of hydrogen-bond donors (Lipinski definition) is 0. The minimum absolute atomic E-state index is 0.693. The summed E-state index contributed by atoms with van der Waals surface area (Å²) in [4.78, 5) is 2.53. The smallest absolute Gasteiger partial charge is 0.0284 e. The Kier molecular flexibility index (Phi) is 2.14. The Morgan fingerprint density at radius 3 is 2.67 bits per heavy atom. The molecule has 1 saturated heterocycles. The molecule has 1 aromatic carbocycles. The fraction of sp³-hybridized carbons (Fsp3) is 0.429. The molecule has 0 unspecified atom stereocenters. The second-order valence-corrected chi connectivity index (χ2v) is 4.73. The highest BCUT2D eigenvalue weighted by atomic mass is 15.2. The molecule has 2 atom stereocenters. The van der Waals surface area contributed by atoms with Gasteiger partial charge in [0.1, 0.15) is 0 Å². The molecular weight excluding hydrogens is 182 g/mol. The molecule has 0 aliphatic carbocycles. The number of rotatable bonds is 1. The zero-order valence-electron chi connectivity index (χ0n) is 9.19. The van der Waals surface area contributed by atoms with Crippen molar-refractivity contribution in [3.05, 3.63) is 42.0 Å². The van der Waals surface area contributed by atoms with Crippen molar-refractivity contribution in [1.29, 1.82) is 0 Å². The number of nitrogens with zero attached hydrogens (tertiary/aromatic N) is 1. The maximum absolute atomic E-state index is 2.53. The summed E-state index contributed by atoms with van der Waals surface area (Å²) in [7, 11) is 2.26. The molecule has 15 heavy (non-hydrogen) atoms. The van der Waals surface area contributed by atoms with E-state index in [9.17, 15) is 0 Å². The van der Waals surface area contributed by atoms with Gasteiger partial charge in [0.05, 0.1) is 0 Å². The van der Waals surface area contributed by atoms with E-state index in [1.165, 1.54) is 24.8 Å². The zero-order chi connectivity index (χ0) is 10.3. The summed E-state index contributed by atoms with van der Waals surface area (Å²) in [5.41, 5.74) is 2.98. The highest BCUT2D eigenvalue weighted by Crippen LogP contribution is 2.37. The Morgan fingerprint density at radius 1 is 1.13 bits per heavy atom. The molecule has 1 nitrogen and oxygen atoms in total. The molecular formula is C14H17N. The summed E-state index contributed by atoms with van der Waals surface area (Å²) in [6.07, 6.45) is 6.42. The maximum atomic E-state index is 2.53. The summed E-state index contributed by atoms with van der Waals surface area (Å²) < 4.78 is 0. The maximum Gasteiger partial charge on any atom is 0.0284 e. The van der Waals surface area contributed by atoms with E-state index in [2.05, 4.69) is 48.4 Å². The zero-order valence-corrected chi connectivity index (χ0v) is 9.19. The third-order valence-electron chi connectivity index (χ3n) is 3.89. The van der Waals surface area contributed by atoms with Gasteiger partial charge < -0.3 is 0 Å². The molecule has 0 amide bonds. The van der Waals surface area contributed by atoms with Crippen molar-refractivity contribution in [1.82, 2.24) is 4.90 Å². The van der Waals surface area contributed by atoms with Crippen LogP contribution in [-0.2, 0) is 0 Å². The summed E-state index contributed by atoms with van der Waals surface area (Å²) in [6, 6.07) is 12.3. The largest absolute Gasteiger partial charge is 0.297 e. The van der Waals surface area contributed by atoms with Gasteiger partial charge in [0, 0.05) is 12.1 Å². The van der Waals surface area contributed by atoms with E-state index in [0.29, 0.717) is 6.04 Å². The molecule has 2 bridgehead atoms. The lowest BCUT2D eigenvalue weighted by Gasteiger charge is -2.30. The standard InChI is InChI=1S/C14H17N/c1-15-13-7-8-14(15)10-12(9-13)11-5-3-2-4-6-11/h2-6,9,13-14H,7-8,10H2,1H3/t13-,14+/m1/s1. The average molecular weight is 199 g/mol. The van der Waals surface area contributed by atoms with Crippen LogP contribution in [0.5, 0.6) is 0 Å². The number of fused-ring (bicyclic) bond motifs is 2. The predicted octanol–water partition coefficient (Wildman–Crippen LogP) is 2.94. The minimum atomic E-state index is 0.693. The van der Waals surface area contributed by atoms with E-state index in [4.69, 9.17) is 0 Å². The first-order valence-electron chi connectivity index (χ1n) is 5.82. The van der Waals surface area contributed by atoms with Crippen LogP contribution in [0.3, 0.4) is 0 Å². The number of benzene rings is 1. The molecule has 1 fully saturated rings. The Labute approximate surface area is 91.4 Å². The van der Waals surface area contributed by atoms with E-state index in [1.807, 2.05) is 0 Å². The van der Waals surface area contributed by atoms with Gasteiger partial charge >= 0.3 is 0 Å². The van der Waals surface area contributed by atoms with Crippen molar-refractivity contribution in [2.24, 2.45) is 0 Å². The van der Waals surface area contributed by atoms with Crippen molar-refractivity contribution in [3.8, 4) is 0 Å². The van der Waals surface area contributed by atoms with Gasteiger partial charge in [-0.3, -0.25) is 4.90 Å². The van der Waals surface area contributed by atoms with Gasteiger partial charge in [-0.1, -0.05) is 36.4 Å². The Bertz CT molecular complexity index is 380. The Morgan fingerprint density at radius 2 is 1.93 bits per heavy atom. The Hall–Kier alpha value is -1.08. The van der Waals surface area contributed by atoms with Crippen LogP contribution in [0.1, 0.15) is 24.8 Å². The summed E-state index contributed by atoms with van der Waals surface area (Å²) in [6.45, 7) is 0. The molecule has 2 aliphatic heterocycles. The van der Waals surface area contributed by atoms with Crippen molar-refractivity contribution in [2.75, 3.05) is 7.05 Å². The summed E-state index contributed by atoms with van der Waals surface area (Å²) >= 11 is 0. The first kappa shape index (κ1) is 9.17. The topological polar surface area (TPSA) is 3.24 Å². The fourth-order valence-corrected chi connectivity index (χ4v) is 2.91. The quantitative estimate of drug-likeness (QED) is 0.672. The molecule has 2 aliphatic rings. The molecule has 1 aromatic rings. The lowest BCUT2D eigenvalue weighted by Crippen LogP contribution is -2.34. The minimum Gasteiger partial charge on any atom is -0.297 e. The molecule has 0 spiro atoms. The van der Waals surface area contributed by atoms with Gasteiger partial charge in [-0.2, -0.15) is 0 Å². The highest BCUT2D eigenvalue weighted by molar-refractivity contribution is 5.67. The summed E-state index contributed by atoms with van der Waals surface area (Å²) in [5.74, 6) is 0. The second-order valence-electron chi connectivity index (χ2n) is 4.73. The molecule has 0 radical (unpaired) electrons. The molecule has 2 heterocycles. The van der Waals surface area contributed by atoms with E-state index in [-0.39, 0.29) is 0 Å². The van der Waals surface area contributed by atoms with Crippen molar-refractivity contribution < 1.29 is 0 Å². The highest BCUT2D eigenvalue weighted by Gasteiger charge is 2.33. The van der Waals surface area contributed by atoms with Crippen molar-refractivity contribution >= 4 is 5.57 Å². The molecule has 0 N–H and O–H groups in total. The van der Waals surface area contributed by atoms with Gasteiger partial charge in [-0.25, -0.2) is 0 Å². The first-order chi connectivity index (χ1) is 7.34. The molecule has 0 saturated carbocycles. The van der Waals surface area contributed by atoms with E-state index in [0.717, 1.165) is 6.04 Å². The van der Waals surface area contributed by atoms with Crippen LogP contribution in [0.2, 0.25) is 0 Å². The molecule has 0 aromatic heterocycles. The first-order valence-corrected chi connectivity index (χ1v) is 5.82.